The van der Waals surface area contributed by atoms with Gasteiger partial charge in [0.15, 0.2) is 0 Å². The summed E-state index contributed by atoms with van der Waals surface area (Å²) in [5.41, 5.74) is 3.56. The molecule has 38 heavy (non-hydrogen) atoms. The molecule has 3 rings (SSSR count). The van der Waals surface area contributed by atoms with E-state index >= 15 is 0 Å². The van der Waals surface area contributed by atoms with Gasteiger partial charge in [-0.3, -0.25) is 14.4 Å². The van der Waals surface area contributed by atoms with Crippen LogP contribution in [0.1, 0.15) is 56.7 Å². The monoisotopic (exact) mass is 520 g/mol. The SMILES string of the molecule is CCC(C)C1NCCc2ccccc2CCCCNC(=O)C(Cc2ccccc2)NC(=O)C(C)N(C)C1=O. The summed E-state index contributed by atoms with van der Waals surface area (Å²) in [6.07, 6.45) is 4.80. The van der Waals surface area contributed by atoms with E-state index in [1.165, 1.54) is 16.0 Å². The number of hydrogen-bond acceptors (Lipinski definition) is 4. The highest BCUT2D eigenvalue weighted by Crippen LogP contribution is 2.16. The Morgan fingerprint density at radius 1 is 0.895 bits per heavy atom. The molecule has 7 heteroatoms. The molecule has 1 aliphatic heterocycles. The summed E-state index contributed by atoms with van der Waals surface area (Å²) in [5, 5.41) is 9.44. The van der Waals surface area contributed by atoms with Crippen LogP contribution in [0.15, 0.2) is 54.6 Å². The van der Waals surface area contributed by atoms with Gasteiger partial charge in [-0.05, 0) is 61.8 Å². The fourth-order valence-corrected chi connectivity index (χ4v) is 4.89. The summed E-state index contributed by atoms with van der Waals surface area (Å²) in [7, 11) is 1.67. The highest BCUT2D eigenvalue weighted by atomic mass is 16.2. The van der Waals surface area contributed by atoms with E-state index in [0.717, 1.165) is 37.7 Å². The number of aryl methyl sites for hydroxylation is 1. The maximum Gasteiger partial charge on any atom is 0.243 e. The van der Waals surface area contributed by atoms with Crippen molar-refractivity contribution in [2.45, 2.75) is 77.4 Å². The van der Waals surface area contributed by atoms with Crippen molar-refractivity contribution in [3.8, 4) is 0 Å². The van der Waals surface area contributed by atoms with Crippen LogP contribution in [0.3, 0.4) is 0 Å². The summed E-state index contributed by atoms with van der Waals surface area (Å²) in [5.74, 6) is -0.544. The van der Waals surface area contributed by atoms with Crippen molar-refractivity contribution < 1.29 is 14.4 Å². The number of amides is 3. The zero-order valence-electron chi connectivity index (χ0n) is 23.3. The van der Waals surface area contributed by atoms with Crippen molar-refractivity contribution in [1.29, 1.82) is 0 Å². The third-order valence-corrected chi connectivity index (χ3v) is 7.75. The quantitative estimate of drug-likeness (QED) is 0.577. The number of likely N-dealkylation sites (N-methyl/N-ethyl adjacent to an activating group) is 1. The van der Waals surface area contributed by atoms with E-state index in [1.54, 1.807) is 14.0 Å². The lowest BCUT2D eigenvalue weighted by Gasteiger charge is -2.32. The first-order valence-corrected chi connectivity index (χ1v) is 14.0. The number of fused-ring (bicyclic) bond motifs is 1. The van der Waals surface area contributed by atoms with Gasteiger partial charge in [0, 0.05) is 20.0 Å². The minimum atomic E-state index is -0.723. The molecule has 1 heterocycles. The zero-order valence-corrected chi connectivity index (χ0v) is 23.3. The highest BCUT2D eigenvalue weighted by molar-refractivity contribution is 5.93. The Morgan fingerprint density at radius 2 is 1.55 bits per heavy atom. The third kappa shape index (κ3) is 8.15. The van der Waals surface area contributed by atoms with Crippen LogP contribution in [0, 0.1) is 5.92 Å². The number of carbonyl (C=O) groups is 3. The molecule has 0 aliphatic carbocycles. The first kappa shape index (κ1) is 29.4. The summed E-state index contributed by atoms with van der Waals surface area (Å²) in [4.78, 5) is 41.5. The molecule has 0 aromatic heterocycles. The molecular formula is C31H44N4O3. The van der Waals surface area contributed by atoms with Crippen LogP contribution in [0.5, 0.6) is 0 Å². The summed E-state index contributed by atoms with van der Waals surface area (Å²) in [6.45, 7) is 7.08. The summed E-state index contributed by atoms with van der Waals surface area (Å²) in [6, 6.07) is 16.3. The molecule has 0 fully saturated rings. The molecule has 3 amide bonds. The second kappa shape index (κ2) is 14.7. The molecule has 2 aromatic carbocycles. The zero-order chi connectivity index (χ0) is 27.5. The van der Waals surface area contributed by atoms with E-state index in [-0.39, 0.29) is 23.6 Å². The molecule has 0 spiro atoms. The number of hydrogen-bond donors (Lipinski definition) is 3. The molecule has 2 aromatic rings. The maximum atomic E-state index is 13.6. The Hall–Kier alpha value is -3.19. The van der Waals surface area contributed by atoms with Crippen LogP contribution >= 0.6 is 0 Å². The van der Waals surface area contributed by atoms with Gasteiger partial charge in [0.05, 0.1) is 6.04 Å². The second-order valence-electron chi connectivity index (χ2n) is 10.5. The maximum absolute atomic E-state index is 13.6. The van der Waals surface area contributed by atoms with E-state index < -0.39 is 18.1 Å². The Bertz CT molecular complexity index is 1060. The van der Waals surface area contributed by atoms with Gasteiger partial charge >= 0.3 is 0 Å². The standard InChI is InChI=1S/C31H44N4O3/c1-5-22(2)28-31(38)35(4)23(3)29(36)34-27(21-24-13-7-6-8-14-24)30(37)33-19-12-11-17-25-15-9-10-16-26(25)18-20-32-28/h6-10,13-16,22-23,27-28,32H,5,11-12,17-21H2,1-4H3,(H,33,37)(H,34,36). The average Bonchev–Trinajstić information content (AvgIpc) is 2.93. The largest absolute Gasteiger partial charge is 0.354 e. The van der Waals surface area contributed by atoms with Crippen LogP contribution in [0.25, 0.3) is 0 Å². The highest BCUT2D eigenvalue weighted by Gasteiger charge is 2.32. The normalized spacial score (nSPS) is 23.4. The van der Waals surface area contributed by atoms with Crippen LogP contribution in [-0.2, 0) is 33.6 Å². The van der Waals surface area contributed by atoms with E-state index in [0.29, 0.717) is 19.5 Å². The van der Waals surface area contributed by atoms with Crippen molar-refractivity contribution in [2.24, 2.45) is 5.92 Å². The predicted molar refractivity (Wildman–Crippen MR) is 152 cm³/mol. The third-order valence-electron chi connectivity index (χ3n) is 7.75. The molecule has 1 aliphatic rings. The number of benzene rings is 2. The van der Waals surface area contributed by atoms with Gasteiger partial charge in [-0.2, -0.15) is 0 Å². The van der Waals surface area contributed by atoms with Gasteiger partial charge in [-0.25, -0.2) is 0 Å². The van der Waals surface area contributed by atoms with Gasteiger partial charge < -0.3 is 20.9 Å². The van der Waals surface area contributed by atoms with E-state index in [9.17, 15) is 14.4 Å². The molecule has 7 nitrogen and oxygen atoms in total. The fourth-order valence-electron chi connectivity index (χ4n) is 4.89. The number of nitrogens with zero attached hydrogens (tertiary/aromatic N) is 1. The average molecular weight is 521 g/mol. The molecule has 0 saturated heterocycles. The van der Waals surface area contributed by atoms with Crippen LogP contribution in [-0.4, -0.2) is 60.9 Å². The Labute approximate surface area is 227 Å². The topological polar surface area (TPSA) is 90.5 Å². The van der Waals surface area contributed by atoms with Gasteiger partial charge in [-0.15, -0.1) is 0 Å². The smallest absolute Gasteiger partial charge is 0.243 e. The number of rotatable bonds is 4. The van der Waals surface area contributed by atoms with Gasteiger partial charge in [0.1, 0.15) is 12.1 Å². The molecule has 0 radical (unpaired) electrons. The lowest BCUT2D eigenvalue weighted by atomic mass is 9.96. The van der Waals surface area contributed by atoms with E-state index in [1.807, 2.05) is 30.3 Å². The van der Waals surface area contributed by atoms with Crippen LogP contribution in [0.2, 0.25) is 0 Å². The first-order valence-electron chi connectivity index (χ1n) is 14.0. The number of nitrogens with one attached hydrogen (secondary N) is 3. The molecule has 0 bridgehead atoms. The van der Waals surface area contributed by atoms with E-state index in [2.05, 4.69) is 54.1 Å². The molecule has 0 saturated carbocycles. The minimum Gasteiger partial charge on any atom is -0.354 e. The van der Waals surface area contributed by atoms with Crippen molar-refractivity contribution in [2.75, 3.05) is 20.1 Å². The Balaban J connectivity index is 1.85. The fraction of sp³-hybridized carbons (Fsp3) is 0.516. The van der Waals surface area contributed by atoms with E-state index in [4.69, 9.17) is 0 Å². The Kier molecular flexibility index (Phi) is 11.3. The summed E-state index contributed by atoms with van der Waals surface area (Å²) >= 11 is 0. The lowest BCUT2D eigenvalue weighted by Crippen LogP contribution is -2.57. The predicted octanol–water partition coefficient (Wildman–Crippen LogP) is 3.26. The lowest BCUT2D eigenvalue weighted by molar-refractivity contribution is -0.141. The number of carbonyl (C=O) groups excluding carboxylic acids is 3. The van der Waals surface area contributed by atoms with Crippen molar-refractivity contribution >= 4 is 17.7 Å². The van der Waals surface area contributed by atoms with Crippen molar-refractivity contribution in [3.63, 3.8) is 0 Å². The molecule has 3 N–H and O–H groups in total. The molecular weight excluding hydrogens is 476 g/mol. The van der Waals surface area contributed by atoms with Gasteiger partial charge in [0.2, 0.25) is 17.7 Å². The van der Waals surface area contributed by atoms with Crippen molar-refractivity contribution in [3.05, 3.63) is 71.3 Å². The van der Waals surface area contributed by atoms with Crippen LogP contribution in [0.4, 0.5) is 0 Å². The van der Waals surface area contributed by atoms with Gasteiger partial charge in [0.25, 0.3) is 0 Å². The van der Waals surface area contributed by atoms with Crippen molar-refractivity contribution in [1.82, 2.24) is 20.9 Å². The second-order valence-corrected chi connectivity index (χ2v) is 10.5. The molecule has 4 atom stereocenters. The summed E-state index contributed by atoms with van der Waals surface area (Å²) < 4.78 is 0. The first-order chi connectivity index (χ1) is 18.3. The Morgan fingerprint density at radius 3 is 2.24 bits per heavy atom. The van der Waals surface area contributed by atoms with Gasteiger partial charge in [-0.1, -0.05) is 74.9 Å². The molecule has 4 unspecified atom stereocenters. The van der Waals surface area contributed by atoms with Crippen LogP contribution < -0.4 is 16.0 Å². The molecule has 206 valence electrons. The minimum absolute atomic E-state index is 0.109.